The third kappa shape index (κ3) is 2.83. The second-order valence-corrected chi connectivity index (χ2v) is 4.18. The van der Waals surface area contributed by atoms with E-state index in [1.165, 1.54) is 12.4 Å². The van der Waals surface area contributed by atoms with Gasteiger partial charge in [-0.05, 0) is 25.0 Å². The SMILES string of the molecule is CCCNc1cc(-c2ccc(C)c(F)c2)ncn1. The summed E-state index contributed by atoms with van der Waals surface area (Å²) in [6.45, 7) is 4.69. The van der Waals surface area contributed by atoms with Crippen LogP contribution in [0.1, 0.15) is 18.9 Å². The van der Waals surface area contributed by atoms with Gasteiger partial charge in [0.1, 0.15) is 18.0 Å². The Bertz CT molecular complexity index is 540. The van der Waals surface area contributed by atoms with Crippen molar-refractivity contribution in [1.29, 1.82) is 0 Å². The molecule has 2 aromatic rings. The molecule has 0 amide bonds. The fourth-order valence-electron chi connectivity index (χ4n) is 1.62. The fraction of sp³-hybridized carbons (Fsp3) is 0.286. The number of aromatic nitrogens is 2. The summed E-state index contributed by atoms with van der Waals surface area (Å²) in [6.07, 6.45) is 2.52. The lowest BCUT2D eigenvalue weighted by atomic mass is 10.1. The molecule has 0 unspecified atom stereocenters. The number of nitrogens with one attached hydrogen (secondary N) is 1. The molecule has 0 fully saturated rings. The minimum Gasteiger partial charge on any atom is -0.370 e. The molecule has 3 nitrogen and oxygen atoms in total. The average molecular weight is 245 g/mol. The largest absolute Gasteiger partial charge is 0.370 e. The topological polar surface area (TPSA) is 37.8 Å². The highest BCUT2D eigenvalue weighted by molar-refractivity contribution is 5.62. The van der Waals surface area contributed by atoms with Crippen LogP contribution in [0.15, 0.2) is 30.6 Å². The van der Waals surface area contributed by atoms with Crippen LogP contribution in [0.2, 0.25) is 0 Å². The highest BCUT2D eigenvalue weighted by atomic mass is 19.1. The van der Waals surface area contributed by atoms with Gasteiger partial charge in [0.05, 0.1) is 5.69 Å². The maximum atomic E-state index is 13.5. The third-order valence-corrected chi connectivity index (χ3v) is 2.69. The number of aryl methyl sites for hydroxylation is 1. The fourth-order valence-corrected chi connectivity index (χ4v) is 1.62. The first-order valence-corrected chi connectivity index (χ1v) is 6.03. The molecule has 2 rings (SSSR count). The second kappa shape index (κ2) is 5.58. The van der Waals surface area contributed by atoms with Gasteiger partial charge < -0.3 is 5.32 Å². The maximum absolute atomic E-state index is 13.5. The van der Waals surface area contributed by atoms with Gasteiger partial charge in [0.2, 0.25) is 0 Å². The molecular formula is C14H16FN3. The molecule has 0 saturated heterocycles. The summed E-state index contributed by atoms with van der Waals surface area (Å²) in [5.41, 5.74) is 2.12. The van der Waals surface area contributed by atoms with Gasteiger partial charge in [0, 0.05) is 18.2 Å². The van der Waals surface area contributed by atoms with E-state index in [-0.39, 0.29) is 5.82 Å². The first kappa shape index (κ1) is 12.5. The molecular weight excluding hydrogens is 229 g/mol. The average Bonchev–Trinajstić information content (AvgIpc) is 2.40. The zero-order valence-electron chi connectivity index (χ0n) is 10.6. The number of anilines is 1. The second-order valence-electron chi connectivity index (χ2n) is 4.18. The number of hydrogen-bond acceptors (Lipinski definition) is 3. The number of rotatable bonds is 4. The lowest BCUT2D eigenvalue weighted by Gasteiger charge is -2.06. The van der Waals surface area contributed by atoms with Crippen LogP contribution in [0.25, 0.3) is 11.3 Å². The Morgan fingerprint density at radius 1 is 1.22 bits per heavy atom. The van der Waals surface area contributed by atoms with Gasteiger partial charge in [-0.3, -0.25) is 0 Å². The van der Waals surface area contributed by atoms with Crippen LogP contribution in [0.5, 0.6) is 0 Å². The molecule has 1 aromatic carbocycles. The Morgan fingerprint density at radius 3 is 2.78 bits per heavy atom. The van der Waals surface area contributed by atoms with E-state index in [1.54, 1.807) is 13.0 Å². The van der Waals surface area contributed by atoms with Gasteiger partial charge in [-0.25, -0.2) is 14.4 Å². The highest BCUT2D eigenvalue weighted by Gasteiger charge is 2.04. The van der Waals surface area contributed by atoms with Crippen LogP contribution in [0, 0.1) is 12.7 Å². The smallest absolute Gasteiger partial charge is 0.129 e. The predicted octanol–water partition coefficient (Wildman–Crippen LogP) is 3.41. The molecule has 0 atom stereocenters. The first-order chi connectivity index (χ1) is 8.70. The molecule has 0 radical (unpaired) electrons. The summed E-state index contributed by atoms with van der Waals surface area (Å²) in [4.78, 5) is 8.30. The molecule has 0 bridgehead atoms. The van der Waals surface area contributed by atoms with Gasteiger partial charge in [-0.15, -0.1) is 0 Å². The van der Waals surface area contributed by atoms with Crippen LogP contribution < -0.4 is 5.32 Å². The Kier molecular flexibility index (Phi) is 3.87. The predicted molar refractivity (Wildman–Crippen MR) is 70.9 cm³/mol. The van der Waals surface area contributed by atoms with Crippen LogP contribution >= 0.6 is 0 Å². The van der Waals surface area contributed by atoms with Crippen LogP contribution in [-0.4, -0.2) is 16.5 Å². The van der Waals surface area contributed by atoms with Crippen LogP contribution in [0.4, 0.5) is 10.2 Å². The summed E-state index contributed by atoms with van der Waals surface area (Å²) >= 11 is 0. The van der Waals surface area contributed by atoms with Gasteiger partial charge in [0.15, 0.2) is 0 Å². The van der Waals surface area contributed by atoms with E-state index in [2.05, 4.69) is 22.2 Å². The van der Waals surface area contributed by atoms with Gasteiger partial charge >= 0.3 is 0 Å². The summed E-state index contributed by atoms with van der Waals surface area (Å²) < 4.78 is 13.5. The zero-order chi connectivity index (χ0) is 13.0. The van der Waals surface area contributed by atoms with Gasteiger partial charge in [0.25, 0.3) is 0 Å². The van der Waals surface area contributed by atoms with Crippen molar-refractivity contribution in [3.8, 4) is 11.3 Å². The maximum Gasteiger partial charge on any atom is 0.129 e. The normalized spacial score (nSPS) is 10.4. The minimum absolute atomic E-state index is 0.214. The van der Waals surface area contributed by atoms with E-state index < -0.39 is 0 Å². The van der Waals surface area contributed by atoms with Crippen molar-refractivity contribution in [2.75, 3.05) is 11.9 Å². The van der Waals surface area contributed by atoms with E-state index >= 15 is 0 Å². The number of nitrogens with zero attached hydrogens (tertiary/aromatic N) is 2. The summed E-state index contributed by atoms with van der Waals surface area (Å²) in [7, 11) is 0. The van der Waals surface area contributed by atoms with Crippen molar-refractivity contribution < 1.29 is 4.39 Å². The summed E-state index contributed by atoms with van der Waals surface area (Å²) in [5.74, 6) is 0.553. The monoisotopic (exact) mass is 245 g/mol. The molecule has 0 aliphatic carbocycles. The Morgan fingerprint density at radius 2 is 2.06 bits per heavy atom. The van der Waals surface area contributed by atoms with Crippen molar-refractivity contribution in [3.05, 3.63) is 42.0 Å². The number of hydrogen-bond donors (Lipinski definition) is 1. The van der Waals surface area contributed by atoms with E-state index in [1.807, 2.05) is 12.1 Å². The lowest BCUT2D eigenvalue weighted by Crippen LogP contribution is -2.02. The molecule has 0 spiro atoms. The van der Waals surface area contributed by atoms with E-state index in [0.717, 1.165) is 30.0 Å². The highest BCUT2D eigenvalue weighted by Crippen LogP contribution is 2.21. The summed E-state index contributed by atoms with van der Waals surface area (Å²) in [6, 6.07) is 6.96. The Hall–Kier alpha value is -1.97. The minimum atomic E-state index is -0.214. The van der Waals surface area contributed by atoms with Gasteiger partial charge in [-0.1, -0.05) is 19.1 Å². The molecule has 0 aliphatic heterocycles. The van der Waals surface area contributed by atoms with Crippen molar-refractivity contribution in [2.24, 2.45) is 0 Å². The molecule has 1 heterocycles. The summed E-state index contributed by atoms with van der Waals surface area (Å²) in [5, 5.41) is 3.19. The molecule has 0 aliphatic rings. The third-order valence-electron chi connectivity index (χ3n) is 2.69. The molecule has 1 N–H and O–H groups in total. The van der Waals surface area contributed by atoms with E-state index in [0.29, 0.717) is 5.56 Å². The molecule has 4 heteroatoms. The zero-order valence-corrected chi connectivity index (χ0v) is 10.6. The quantitative estimate of drug-likeness (QED) is 0.897. The van der Waals surface area contributed by atoms with Crippen molar-refractivity contribution in [1.82, 2.24) is 9.97 Å². The van der Waals surface area contributed by atoms with E-state index in [4.69, 9.17) is 0 Å². The first-order valence-electron chi connectivity index (χ1n) is 6.03. The van der Waals surface area contributed by atoms with Crippen molar-refractivity contribution in [2.45, 2.75) is 20.3 Å². The van der Waals surface area contributed by atoms with Crippen LogP contribution in [0.3, 0.4) is 0 Å². The Labute approximate surface area is 106 Å². The molecule has 94 valence electrons. The van der Waals surface area contributed by atoms with Crippen molar-refractivity contribution in [3.63, 3.8) is 0 Å². The Balaban J connectivity index is 2.29. The van der Waals surface area contributed by atoms with Crippen LogP contribution in [-0.2, 0) is 0 Å². The van der Waals surface area contributed by atoms with E-state index in [9.17, 15) is 4.39 Å². The molecule has 0 saturated carbocycles. The molecule has 1 aromatic heterocycles. The number of halogens is 1. The standard InChI is InChI=1S/C14H16FN3/c1-3-6-16-14-8-13(17-9-18-14)11-5-4-10(2)12(15)7-11/h4-5,7-9H,3,6H2,1-2H3,(H,16,17,18). The van der Waals surface area contributed by atoms with Gasteiger partial charge in [-0.2, -0.15) is 0 Å². The van der Waals surface area contributed by atoms with Crippen molar-refractivity contribution >= 4 is 5.82 Å². The number of benzene rings is 1. The lowest BCUT2D eigenvalue weighted by molar-refractivity contribution is 0.619. The molecule has 18 heavy (non-hydrogen) atoms.